The van der Waals surface area contributed by atoms with Crippen molar-refractivity contribution in [3.63, 3.8) is 0 Å². The second-order valence-electron chi connectivity index (χ2n) is 6.95. The van der Waals surface area contributed by atoms with Gasteiger partial charge in [-0.25, -0.2) is 9.79 Å². The number of rotatable bonds is 7. The average molecular weight is 469 g/mol. The molecule has 0 spiro atoms. The standard InChI is InChI=1S/C23H24N4O5S/c1-4-32-17-12-10-16(11-13-17)25-20(19-21(29)26(2)23(31)27(3)22(19)30)33-14-18(28)24-15-8-6-5-7-9-15/h5-13,29H,4,14H2,1-3H3,(H,24,28). The molecule has 0 aliphatic rings. The van der Waals surface area contributed by atoms with Crippen LogP contribution in [0.3, 0.4) is 0 Å². The Kier molecular flexibility index (Phi) is 7.73. The van der Waals surface area contributed by atoms with Gasteiger partial charge in [-0.15, -0.1) is 0 Å². The van der Waals surface area contributed by atoms with Gasteiger partial charge in [-0.05, 0) is 43.3 Å². The molecule has 10 heteroatoms. The largest absolute Gasteiger partial charge is 0.494 e. The minimum absolute atomic E-state index is 0.0732. The van der Waals surface area contributed by atoms with Crippen molar-refractivity contribution in [2.75, 3.05) is 17.7 Å². The molecule has 2 aromatic carbocycles. The van der Waals surface area contributed by atoms with Gasteiger partial charge in [0.25, 0.3) is 5.56 Å². The van der Waals surface area contributed by atoms with Crippen LogP contribution in [0.1, 0.15) is 12.5 Å². The van der Waals surface area contributed by atoms with Crippen molar-refractivity contribution < 1.29 is 14.6 Å². The molecule has 0 atom stereocenters. The van der Waals surface area contributed by atoms with E-state index in [4.69, 9.17) is 4.74 Å². The SMILES string of the molecule is CCOc1ccc(N=C(SCC(=O)Nc2ccccc2)c2c(O)n(C)c(=O)n(C)c2=O)cc1. The number of ether oxygens (including phenoxy) is 1. The first-order chi connectivity index (χ1) is 15.8. The van der Waals surface area contributed by atoms with Crippen LogP contribution in [0.15, 0.2) is 69.2 Å². The fraction of sp³-hybridized carbons (Fsp3) is 0.217. The topological polar surface area (TPSA) is 115 Å². The maximum Gasteiger partial charge on any atom is 0.333 e. The number of carbonyl (C=O) groups excluding carboxylic acids is 1. The van der Waals surface area contributed by atoms with Crippen molar-refractivity contribution in [2.24, 2.45) is 19.1 Å². The summed E-state index contributed by atoms with van der Waals surface area (Å²) in [4.78, 5) is 42.0. The Bertz CT molecular complexity index is 1280. The van der Waals surface area contributed by atoms with Crippen LogP contribution in [0.5, 0.6) is 11.6 Å². The molecule has 0 bridgehead atoms. The van der Waals surface area contributed by atoms with Gasteiger partial charge in [0.15, 0.2) is 0 Å². The maximum absolute atomic E-state index is 12.8. The molecule has 0 aliphatic carbocycles. The first-order valence-electron chi connectivity index (χ1n) is 10.1. The second-order valence-corrected chi connectivity index (χ2v) is 7.92. The number of para-hydroxylation sites is 1. The monoisotopic (exact) mass is 468 g/mol. The molecule has 1 heterocycles. The third kappa shape index (κ3) is 5.72. The van der Waals surface area contributed by atoms with Gasteiger partial charge in [0.2, 0.25) is 11.8 Å². The molecule has 3 aromatic rings. The van der Waals surface area contributed by atoms with E-state index in [9.17, 15) is 19.5 Å². The van der Waals surface area contributed by atoms with Gasteiger partial charge in [-0.1, -0.05) is 30.0 Å². The second kappa shape index (κ2) is 10.7. The van der Waals surface area contributed by atoms with Crippen LogP contribution < -0.4 is 21.3 Å². The zero-order valence-electron chi connectivity index (χ0n) is 18.4. The van der Waals surface area contributed by atoms with Crippen LogP contribution in [-0.4, -0.2) is 37.6 Å². The lowest BCUT2D eigenvalue weighted by molar-refractivity contribution is -0.113. The van der Waals surface area contributed by atoms with E-state index in [0.717, 1.165) is 20.9 Å². The van der Waals surface area contributed by atoms with Gasteiger partial charge in [-0.2, -0.15) is 0 Å². The number of carbonyl (C=O) groups is 1. The lowest BCUT2D eigenvalue weighted by Crippen LogP contribution is -2.39. The molecule has 0 saturated carbocycles. The molecule has 1 aromatic heterocycles. The predicted molar refractivity (Wildman–Crippen MR) is 130 cm³/mol. The fourth-order valence-corrected chi connectivity index (χ4v) is 3.77. The van der Waals surface area contributed by atoms with Crippen molar-refractivity contribution in [1.29, 1.82) is 0 Å². The van der Waals surface area contributed by atoms with E-state index in [1.165, 1.54) is 14.1 Å². The van der Waals surface area contributed by atoms with E-state index in [2.05, 4.69) is 10.3 Å². The van der Waals surface area contributed by atoms with Crippen LogP contribution in [0.2, 0.25) is 0 Å². The summed E-state index contributed by atoms with van der Waals surface area (Å²) in [5.41, 5.74) is -0.426. The van der Waals surface area contributed by atoms with Gasteiger partial charge in [0.05, 0.1) is 18.0 Å². The number of nitrogens with one attached hydrogen (secondary N) is 1. The van der Waals surface area contributed by atoms with Crippen molar-refractivity contribution in [3.05, 3.63) is 81.0 Å². The normalized spacial score (nSPS) is 11.3. The van der Waals surface area contributed by atoms with E-state index < -0.39 is 17.1 Å². The zero-order valence-corrected chi connectivity index (χ0v) is 19.3. The van der Waals surface area contributed by atoms with Gasteiger partial charge in [-0.3, -0.25) is 18.7 Å². The van der Waals surface area contributed by atoms with Crippen molar-refractivity contribution in [3.8, 4) is 11.6 Å². The Hall–Kier alpha value is -3.79. The Morgan fingerprint density at radius 1 is 1.06 bits per heavy atom. The maximum atomic E-state index is 12.8. The number of aliphatic imine (C=N–C) groups is 1. The van der Waals surface area contributed by atoms with Crippen molar-refractivity contribution in [1.82, 2.24) is 9.13 Å². The van der Waals surface area contributed by atoms with Gasteiger partial charge in [0.1, 0.15) is 16.4 Å². The highest BCUT2D eigenvalue weighted by atomic mass is 32.2. The molecule has 33 heavy (non-hydrogen) atoms. The molecule has 0 radical (unpaired) electrons. The molecular formula is C23H24N4O5S. The molecule has 0 fully saturated rings. The number of hydrogen-bond donors (Lipinski definition) is 2. The van der Waals surface area contributed by atoms with Crippen LogP contribution in [0, 0.1) is 0 Å². The molecule has 1 amide bonds. The summed E-state index contributed by atoms with van der Waals surface area (Å²) in [6, 6.07) is 15.8. The number of aromatic nitrogens is 2. The molecule has 2 N–H and O–H groups in total. The molecule has 0 saturated heterocycles. The van der Waals surface area contributed by atoms with E-state index in [1.807, 2.05) is 13.0 Å². The van der Waals surface area contributed by atoms with Crippen LogP contribution in [0.25, 0.3) is 0 Å². The Balaban J connectivity index is 1.98. The number of nitrogens with zero attached hydrogens (tertiary/aromatic N) is 3. The molecule has 0 aliphatic heterocycles. The highest BCUT2D eigenvalue weighted by Gasteiger charge is 2.22. The minimum atomic E-state index is -0.712. The number of aromatic hydroxyl groups is 1. The number of anilines is 1. The summed E-state index contributed by atoms with van der Waals surface area (Å²) in [5, 5.41) is 13.5. The highest BCUT2D eigenvalue weighted by molar-refractivity contribution is 8.15. The summed E-state index contributed by atoms with van der Waals surface area (Å²) >= 11 is 0.981. The van der Waals surface area contributed by atoms with Gasteiger partial charge < -0.3 is 15.2 Å². The van der Waals surface area contributed by atoms with Crippen molar-refractivity contribution >= 4 is 34.1 Å². The summed E-state index contributed by atoms with van der Waals surface area (Å²) < 4.78 is 7.27. The number of amides is 1. The summed E-state index contributed by atoms with van der Waals surface area (Å²) in [6.45, 7) is 2.39. The Morgan fingerprint density at radius 2 is 1.73 bits per heavy atom. The summed E-state index contributed by atoms with van der Waals surface area (Å²) in [5.74, 6) is -0.250. The lowest BCUT2D eigenvalue weighted by atomic mass is 10.3. The molecule has 0 unspecified atom stereocenters. The van der Waals surface area contributed by atoms with E-state index in [0.29, 0.717) is 23.7 Å². The highest BCUT2D eigenvalue weighted by Crippen LogP contribution is 2.25. The van der Waals surface area contributed by atoms with Crippen LogP contribution >= 0.6 is 11.8 Å². The van der Waals surface area contributed by atoms with Crippen molar-refractivity contribution in [2.45, 2.75) is 6.92 Å². The molecular weight excluding hydrogens is 444 g/mol. The predicted octanol–water partition coefficient (Wildman–Crippen LogP) is 2.64. The van der Waals surface area contributed by atoms with Gasteiger partial charge >= 0.3 is 5.69 Å². The van der Waals surface area contributed by atoms with Crippen LogP contribution in [0.4, 0.5) is 11.4 Å². The molecule has 9 nitrogen and oxygen atoms in total. The lowest BCUT2D eigenvalue weighted by Gasteiger charge is -2.13. The van der Waals surface area contributed by atoms with E-state index in [1.54, 1.807) is 48.5 Å². The average Bonchev–Trinajstić information content (AvgIpc) is 2.82. The quantitative estimate of drug-likeness (QED) is 0.407. The Morgan fingerprint density at radius 3 is 2.36 bits per heavy atom. The minimum Gasteiger partial charge on any atom is -0.494 e. The smallest absolute Gasteiger partial charge is 0.333 e. The van der Waals surface area contributed by atoms with Crippen LogP contribution in [-0.2, 0) is 18.9 Å². The zero-order chi connectivity index (χ0) is 24.0. The first-order valence-corrected chi connectivity index (χ1v) is 11.1. The van der Waals surface area contributed by atoms with E-state index in [-0.39, 0.29) is 22.3 Å². The van der Waals surface area contributed by atoms with E-state index >= 15 is 0 Å². The number of hydrogen-bond acceptors (Lipinski definition) is 7. The number of thioether (sulfide) groups is 1. The molecule has 172 valence electrons. The third-order valence-corrected chi connectivity index (χ3v) is 5.60. The number of benzene rings is 2. The fourth-order valence-electron chi connectivity index (χ4n) is 2.93. The molecule has 3 rings (SSSR count). The first kappa shape index (κ1) is 23.9. The Labute approximate surface area is 194 Å². The van der Waals surface area contributed by atoms with Gasteiger partial charge in [0, 0.05) is 19.8 Å². The third-order valence-electron chi connectivity index (χ3n) is 4.62. The summed E-state index contributed by atoms with van der Waals surface area (Å²) in [7, 11) is 2.66. The summed E-state index contributed by atoms with van der Waals surface area (Å²) in [6.07, 6.45) is 0.